The maximum atomic E-state index is 6.06. The van der Waals surface area contributed by atoms with Crippen molar-refractivity contribution in [3.63, 3.8) is 0 Å². The molecule has 0 spiro atoms. The van der Waals surface area contributed by atoms with E-state index in [4.69, 9.17) is 11.6 Å². The molecule has 0 saturated heterocycles. The van der Waals surface area contributed by atoms with Crippen molar-refractivity contribution in [1.82, 2.24) is 9.78 Å². The highest BCUT2D eigenvalue weighted by molar-refractivity contribution is 9.10. The molecule has 1 aromatic heterocycles. The van der Waals surface area contributed by atoms with Gasteiger partial charge in [-0.3, -0.25) is 4.68 Å². The van der Waals surface area contributed by atoms with Gasteiger partial charge in [-0.2, -0.15) is 5.10 Å². The Kier molecular flexibility index (Phi) is 4.87. The highest BCUT2D eigenvalue weighted by atomic mass is 79.9. The predicted molar refractivity (Wildman–Crippen MR) is 73.1 cm³/mol. The Morgan fingerprint density at radius 1 is 1.44 bits per heavy atom. The van der Waals surface area contributed by atoms with Gasteiger partial charge in [0.05, 0.1) is 15.9 Å². The first-order valence-electron chi connectivity index (χ1n) is 5.73. The van der Waals surface area contributed by atoms with Crippen molar-refractivity contribution >= 4 is 27.5 Å². The van der Waals surface area contributed by atoms with Gasteiger partial charge in [0.15, 0.2) is 0 Å². The molecule has 0 aliphatic rings. The quantitative estimate of drug-likeness (QED) is 0.753. The molecule has 1 heterocycles. The summed E-state index contributed by atoms with van der Waals surface area (Å²) in [6.45, 7) is 6.54. The van der Waals surface area contributed by atoms with Crippen molar-refractivity contribution in [2.45, 2.75) is 40.0 Å². The van der Waals surface area contributed by atoms with Crippen LogP contribution in [0.3, 0.4) is 0 Å². The van der Waals surface area contributed by atoms with E-state index in [1.807, 2.05) is 11.7 Å². The third kappa shape index (κ3) is 2.80. The van der Waals surface area contributed by atoms with Gasteiger partial charge in [-0.25, -0.2) is 0 Å². The number of hydrogen-bond donors (Lipinski definition) is 0. The zero-order valence-electron chi connectivity index (χ0n) is 10.5. The van der Waals surface area contributed by atoms with Gasteiger partial charge in [-0.1, -0.05) is 20.8 Å². The van der Waals surface area contributed by atoms with Crippen molar-refractivity contribution < 1.29 is 0 Å². The Bertz CT molecular complexity index is 356. The van der Waals surface area contributed by atoms with Crippen molar-refractivity contribution in [3.8, 4) is 0 Å². The summed E-state index contributed by atoms with van der Waals surface area (Å²) in [6, 6.07) is 0. The molecule has 0 fully saturated rings. The Morgan fingerprint density at radius 2 is 2.06 bits per heavy atom. The van der Waals surface area contributed by atoms with Crippen LogP contribution in [-0.4, -0.2) is 15.7 Å². The van der Waals surface area contributed by atoms with Crippen LogP contribution in [-0.2, 0) is 19.9 Å². The molecule has 1 rings (SSSR count). The molecule has 0 aliphatic heterocycles. The Morgan fingerprint density at radius 3 is 2.44 bits per heavy atom. The topological polar surface area (TPSA) is 17.8 Å². The van der Waals surface area contributed by atoms with Crippen LogP contribution in [0.25, 0.3) is 0 Å². The standard InChI is InChI=1S/C12H20BrClN2/c1-5-9-11(13)10(16(4)15-9)7-12(3,6-2)8-14/h5-8H2,1-4H3. The van der Waals surface area contributed by atoms with E-state index in [2.05, 4.69) is 41.8 Å². The number of alkyl halides is 1. The van der Waals surface area contributed by atoms with E-state index in [1.165, 1.54) is 5.69 Å². The molecule has 92 valence electrons. The largest absolute Gasteiger partial charge is 0.271 e. The summed E-state index contributed by atoms with van der Waals surface area (Å²) in [5.74, 6) is 0.683. The van der Waals surface area contributed by atoms with Gasteiger partial charge in [-0.15, -0.1) is 11.6 Å². The molecule has 16 heavy (non-hydrogen) atoms. The molecule has 0 saturated carbocycles. The second-order valence-electron chi connectivity index (χ2n) is 4.66. The summed E-state index contributed by atoms with van der Waals surface area (Å²) in [7, 11) is 2.00. The third-order valence-corrected chi connectivity index (χ3v) is 4.83. The fourth-order valence-electron chi connectivity index (χ4n) is 1.68. The van der Waals surface area contributed by atoms with E-state index in [9.17, 15) is 0 Å². The lowest BCUT2D eigenvalue weighted by Crippen LogP contribution is -2.22. The van der Waals surface area contributed by atoms with Crippen molar-refractivity contribution in [1.29, 1.82) is 0 Å². The molecule has 0 bridgehead atoms. The van der Waals surface area contributed by atoms with E-state index < -0.39 is 0 Å². The lowest BCUT2D eigenvalue weighted by atomic mass is 9.85. The first kappa shape index (κ1) is 14.0. The van der Waals surface area contributed by atoms with Gasteiger partial charge >= 0.3 is 0 Å². The van der Waals surface area contributed by atoms with Crippen LogP contribution < -0.4 is 0 Å². The number of rotatable bonds is 5. The van der Waals surface area contributed by atoms with Gasteiger partial charge in [0.2, 0.25) is 0 Å². The lowest BCUT2D eigenvalue weighted by molar-refractivity contribution is 0.345. The smallest absolute Gasteiger partial charge is 0.0766 e. The molecule has 0 radical (unpaired) electrons. The first-order chi connectivity index (χ1) is 7.47. The minimum absolute atomic E-state index is 0.156. The van der Waals surface area contributed by atoms with E-state index in [0.29, 0.717) is 5.88 Å². The number of hydrogen-bond acceptors (Lipinski definition) is 1. The van der Waals surface area contributed by atoms with Crippen LogP contribution in [0.1, 0.15) is 38.6 Å². The number of aromatic nitrogens is 2. The van der Waals surface area contributed by atoms with Gasteiger partial charge in [0.1, 0.15) is 0 Å². The van der Waals surface area contributed by atoms with Crippen LogP contribution in [0, 0.1) is 5.41 Å². The van der Waals surface area contributed by atoms with Crippen LogP contribution in [0.5, 0.6) is 0 Å². The summed E-state index contributed by atoms with van der Waals surface area (Å²) in [6.07, 6.45) is 3.00. The average Bonchev–Trinajstić information content (AvgIpc) is 2.56. The number of aryl methyl sites for hydroxylation is 2. The SMILES string of the molecule is CCc1nn(C)c(CC(C)(CC)CCl)c1Br. The van der Waals surface area contributed by atoms with Crippen LogP contribution in [0.15, 0.2) is 4.47 Å². The van der Waals surface area contributed by atoms with E-state index in [0.717, 1.165) is 29.4 Å². The molecular formula is C12H20BrClN2. The minimum Gasteiger partial charge on any atom is -0.271 e. The Hall–Kier alpha value is -0.0200. The minimum atomic E-state index is 0.156. The van der Waals surface area contributed by atoms with E-state index in [-0.39, 0.29) is 5.41 Å². The predicted octanol–water partition coefficient (Wildman–Crippen LogP) is 3.94. The number of nitrogens with zero attached hydrogens (tertiary/aromatic N) is 2. The maximum absolute atomic E-state index is 6.06. The Balaban J connectivity index is 3.01. The van der Waals surface area contributed by atoms with Crippen LogP contribution >= 0.6 is 27.5 Å². The fraction of sp³-hybridized carbons (Fsp3) is 0.750. The van der Waals surface area contributed by atoms with E-state index in [1.54, 1.807) is 0 Å². The lowest BCUT2D eigenvalue weighted by Gasteiger charge is -2.25. The molecule has 0 N–H and O–H groups in total. The summed E-state index contributed by atoms with van der Waals surface area (Å²) >= 11 is 9.71. The molecule has 1 aromatic rings. The molecule has 0 aliphatic carbocycles. The van der Waals surface area contributed by atoms with Crippen molar-refractivity contribution in [2.75, 3.05) is 5.88 Å². The molecule has 2 nitrogen and oxygen atoms in total. The normalized spacial score (nSPS) is 15.1. The van der Waals surface area contributed by atoms with Crippen LogP contribution in [0.2, 0.25) is 0 Å². The average molecular weight is 308 g/mol. The van der Waals surface area contributed by atoms with E-state index >= 15 is 0 Å². The third-order valence-electron chi connectivity index (χ3n) is 3.27. The second-order valence-corrected chi connectivity index (χ2v) is 5.72. The first-order valence-corrected chi connectivity index (χ1v) is 7.06. The zero-order valence-corrected chi connectivity index (χ0v) is 12.8. The Labute approximate surface area is 111 Å². The maximum Gasteiger partial charge on any atom is 0.0766 e. The number of halogens is 2. The summed E-state index contributed by atoms with van der Waals surface area (Å²) < 4.78 is 3.13. The monoisotopic (exact) mass is 306 g/mol. The molecule has 0 aromatic carbocycles. The van der Waals surface area contributed by atoms with Crippen molar-refractivity contribution in [2.24, 2.45) is 12.5 Å². The molecular weight excluding hydrogens is 288 g/mol. The summed E-state index contributed by atoms with van der Waals surface area (Å²) in [4.78, 5) is 0. The summed E-state index contributed by atoms with van der Waals surface area (Å²) in [5.41, 5.74) is 2.54. The van der Waals surface area contributed by atoms with Crippen LogP contribution in [0.4, 0.5) is 0 Å². The van der Waals surface area contributed by atoms with Crippen molar-refractivity contribution in [3.05, 3.63) is 15.9 Å². The van der Waals surface area contributed by atoms with Gasteiger partial charge < -0.3 is 0 Å². The highest BCUT2D eigenvalue weighted by Crippen LogP contribution is 2.32. The van der Waals surface area contributed by atoms with Gasteiger partial charge in [0, 0.05) is 12.9 Å². The molecule has 1 unspecified atom stereocenters. The molecule has 1 atom stereocenters. The second kappa shape index (κ2) is 5.54. The zero-order chi connectivity index (χ0) is 12.3. The van der Waals surface area contributed by atoms with Gasteiger partial charge in [0.25, 0.3) is 0 Å². The summed E-state index contributed by atoms with van der Waals surface area (Å²) in [5, 5.41) is 4.51. The molecule has 0 amide bonds. The highest BCUT2D eigenvalue weighted by Gasteiger charge is 2.25. The van der Waals surface area contributed by atoms with Gasteiger partial charge in [-0.05, 0) is 40.6 Å². The fourth-order valence-corrected chi connectivity index (χ4v) is 2.72. The molecule has 4 heteroatoms.